The maximum atomic E-state index is 11.3. The van der Waals surface area contributed by atoms with E-state index in [4.69, 9.17) is 0 Å². The third-order valence-electron chi connectivity index (χ3n) is 4.66. The second-order valence-electron chi connectivity index (χ2n) is 6.62. The molecule has 21 heavy (non-hydrogen) atoms. The van der Waals surface area contributed by atoms with Crippen LogP contribution in [0.1, 0.15) is 96.8 Å². The van der Waals surface area contributed by atoms with Crippen molar-refractivity contribution in [2.75, 3.05) is 0 Å². The molecule has 1 fully saturated rings. The van der Waals surface area contributed by atoms with Crippen molar-refractivity contribution in [2.24, 2.45) is 5.92 Å². The molecule has 1 rings (SSSR count). The summed E-state index contributed by atoms with van der Waals surface area (Å²) in [6.07, 6.45) is 19.2. The van der Waals surface area contributed by atoms with Crippen molar-refractivity contribution in [2.45, 2.75) is 96.8 Å². The van der Waals surface area contributed by atoms with Gasteiger partial charge in [-0.1, -0.05) is 77.2 Å². The third kappa shape index (κ3) is 8.95. The van der Waals surface area contributed by atoms with Gasteiger partial charge < -0.3 is 5.11 Å². The lowest BCUT2D eigenvalue weighted by atomic mass is 9.87. The Balaban J connectivity index is 2.16. The van der Waals surface area contributed by atoms with Gasteiger partial charge in [-0.05, 0) is 31.6 Å². The molecular weight excluding hydrogens is 260 g/mol. The summed E-state index contributed by atoms with van der Waals surface area (Å²) in [5, 5.41) is 9.34. The van der Waals surface area contributed by atoms with E-state index in [2.05, 4.69) is 13.0 Å². The molecule has 2 heteroatoms. The van der Waals surface area contributed by atoms with Crippen LogP contribution >= 0.6 is 0 Å². The van der Waals surface area contributed by atoms with E-state index >= 15 is 0 Å². The first-order chi connectivity index (χ1) is 10.2. The molecule has 0 aliphatic heterocycles. The number of carboxylic acids is 1. The first-order valence-electron chi connectivity index (χ1n) is 9.18. The monoisotopic (exact) mass is 294 g/mol. The highest BCUT2D eigenvalue weighted by Crippen LogP contribution is 2.26. The van der Waals surface area contributed by atoms with Crippen LogP contribution in [0.15, 0.2) is 11.6 Å². The molecular formula is C19H34O2. The minimum Gasteiger partial charge on any atom is -0.478 e. The molecule has 1 aliphatic rings. The Morgan fingerprint density at radius 3 is 2.10 bits per heavy atom. The lowest BCUT2D eigenvalue weighted by Crippen LogP contribution is -2.08. The molecule has 0 aromatic rings. The summed E-state index contributed by atoms with van der Waals surface area (Å²) in [4.78, 5) is 11.3. The average Bonchev–Trinajstić information content (AvgIpc) is 2.49. The molecule has 0 aromatic carbocycles. The van der Waals surface area contributed by atoms with Gasteiger partial charge in [0.05, 0.1) is 0 Å². The minimum atomic E-state index is -0.691. The van der Waals surface area contributed by atoms with Crippen molar-refractivity contribution in [3.63, 3.8) is 0 Å². The molecule has 0 amide bonds. The summed E-state index contributed by atoms with van der Waals surface area (Å²) < 4.78 is 0. The number of rotatable bonds is 11. The normalized spacial score (nSPS) is 17.1. The average molecular weight is 294 g/mol. The van der Waals surface area contributed by atoms with Gasteiger partial charge in [-0.2, -0.15) is 0 Å². The summed E-state index contributed by atoms with van der Waals surface area (Å²) in [7, 11) is 0. The summed E-state index contributed by atoms with van der Waals surface area (Å²) in [6, 6.07) is 0. The van der Waals surface area contributed by atoms with Crippen LogP contribution < -0.4 is 0 Å². The van der Waals surface area contributed by atoms with E-state index in [1.807, 2.05) is 0 Å². The molecule has 0 atom stereocenters. The SMILES string of the molecule is CCCCCCCCCCC(=CC1CCCCC1)C(=O)O. The van der Waals surface area contributed by atoms with Gasteiger partial charge in [0.2, 0.25) is 0 Å². The van der Waals surface area contributed by atoms with Gasteiger partial charge in [-0.15, -0.1) is 0 Å². The van der Waals surface area contributed by atoms with Gasteiger partial charge in [-0.3, -0.25) is 0 Å². The topological polar surface area (TPSA) is 37.3 Å². The smallest absolute Gasteiger partial charge is 0.331 e. The van der Waals surface area contributed by atoms with Crippen LogP contribution in [-0.4, -0.2) is 11.1 Å². The fraction of sp³-hybridized carbons (Fsp3) is 0.842. The Morgan fingerprint density at radius 1 is 0.952 bits per heavy atom. The maximum absolute atomic E-state index is 11.3. The predicted molar refractivity (Wildman–Crippen MR) is 89.5 cm³/mol. The number of aliphatic carboxylic acids is 1. The van der Waals surface area contributed by atoms with E-state index in [1.54, 1.807) is 0 Å². The first-order valence-corrected chi connectivity index (χ1v) is 9.18. The quantitative estimate of drug-likeness (QED) is 0.369. The highest BCUT2D eigenvalue weighted by molar-refractivity contribution is 5.86. The van der Waals surface area contributed by atoms with Gasteiger partial charge in [0.25, 0.3) is 0 Å². The number of hydrogen-bond acceptors (Lipinski definition) is 1. The molecule has 1 N–H and O–H groups in total. The molecule has 0 unspecified atom stereocenters. The molecule has 1 saturated carbocycles. The zero-order valence-electron chi connectivity index (χ0n) is 13.9. The van der Waals surface area contributed by atoms with Crippen LogP contribution in [0.5, 0.6) is 0 Å². The summed E-state index contributed by atoms with van der Waals surface area (Å²) in [5.41, 5.74) is 0.674. The number of hydrogen-bond donors (Lipinski definition) is 1. The second-order valence-corrected chi connectivity index (χ2v) is 6.62. The van der Waals surface area contributed by atoms with E-state index in [9.17, 15) is 9.90 Å². The Hall–Kier alpha value is -0.790. The third-order valence-corrected chi connectivity index (χ3v) is 4.66. The predicted octanol–water partition coefficient (Wildman–Crippen LogP) is 6.11. The van der Waals surface area contributed by atoms with Crippen LogP contribution in [0, 0.1) is 5.92 Å². The van der Waals surface area contributed by atoms with Crippen molar-refractivity contribution < 1.29 is 9.90 Å². The summed E-state index contributed by atoms with van der Waals surface area (Å²) >= 11 is 0. The summed E-state index contributed by atoms with van der Waals surface area (Å²) in [5.74, 6) is -0.164. The van der Waals surface area contributed by atoms with Crippen LogP contribution in [0.3, 0.4) is 0 Å². The molecule has 0 heterocycles. The Labute approximate surface area is 131 Å². The summed E-state index contributed by atoms with van der Waals surface area (Å²) in [6.45, 7) is 2.24. The van der Waals surface area contributed by atoms with Crippen LogP contribution in [-0.2, 0) is 4.79 Å². The number of unbranched alkanes of at least 4 members (excludes halogenated alkanes) is 7. The van der Waals surface area contributed by atoms with Crippen molar-refractivity contribution in [1.29, 1.82) is 0 Å². The molecule has 0 radical (unpaired) electrons. The molecule has 0 saturated heterocycles. The van der Waals surface area contributed by atoms with Crippen LogP contribution in [0.4, 0.5) is 0 Å². The van der Waals surface area contributed by atoms with Gasteiger partial charge in [0, 0.05) is 5.57 Å². The van der Waals surface area contributed by atoms with Gasteiger partial charge in [-0.25, -0.2) is 4.79 Å². The fourth-order valence-electron chi connectivity index (χ4n) is 3.30. The lowest BCUT2D eigenvalue weighted by molar-refractivity contribution is -0.132. The van der Waals surface area contributed by atoms with Crippen LogP contribution in [0.25, 0.3) is 0 Å². The first kappa shape index (κ1) is 18.3. The second kappa shape index (κ2) is 11.8. The molecule has 2 nitrogen and oxygen atoms in total. The van der Waals surface area contributed by atoms with Gasteiger partial charge >= 0.3 is 5.97 Å². The Bertz CT molecular complexity index is 301. The van der Waals surface area contributed by atoms with E-state index < -0.39 is 5.97 Å². The molecule has 1 aliphatic carbocycles. The van der Waals surface area contributed by atoms with Gasteiger partial charge in [0.1, 0.15) is 0 Å². The Kier molecular flexibility index (Phi) is 10.3. The number of allylic oxidation sites excluding steroid dienone is 1. The fourth-order valence-corrected chi connectivity index (χ4v) is 3.30. The molecule has 0 bridgehead atoms. The van der Waals surface area contributed by atoms with Crippen molar-refractivity contribution in [1.82, 2.24) is 0 Å². The zero-order chi connectivity index (χ0) is 15.3. The van der Waals surface area contributed by atoms with E-state index in [1.165, 1.54) is 77.0 Å². The molecule has 122 valence electrons. The van der Waals surface area contributed by atoms with E-state index in [0.29, 0.717) is 11.5 Å². The minimum absolute atomic E-state index is 0.527. The molecule has 0 aromatic heterocycles. The number of carboxylic acid groups (broad SMARTS) is 1. The van der Waals surface area contributed by atoms with E-state index in [0.717, 1.165) is 12.8 Å². The van der Waals surface area contributed by atoms with Crippen molar-refractivity contribution in [3.05, 3.63) is 11.6 Å². The lowest BCUT2D eigenvalue weighted by Gasteiger charge is -2.19. The zero-order valence-corrected chi connectivity index (χ0v) is 13.9. The highest BCUT2D eigenvalue weighted by Gasteiger charge is 2.14. The van der Waals surface area contributed by atoms with Crippen LogP contribution in [0.2, 0.25) is 0 Å². The largest absolute Gasteiger partial charge is 0.478 e. The van der Waals surface area contributed by atoms with Gasteiger partial charge in [0.15, 0.2) is 0 Å². The van der Waals surface area contributed by atoms with E-state index in [-0.39, 0.29) is 0 Å². The van der Waals surface area contributed by atoms with Crippen molar-refractivity contribution >= 4 is 5.97 Å². The highest BCUT2D eigenvalue weighted by atomic mass is 16.4. The standard InChI is InChI=1S/C19H34O2/c1-2-3-4-5-6-7-8-12-15-18(19(20)21)16-17-13-10-9-11-14-17/h16-17H,2-15H2,1H3,(H,20,21). The Morgan fingerprint density at radius 2 is 1.52 bits per heavy atom. The van der Waals surface area contributed by atoms with Crippen molar-refractivity contribution in [3.8, 4) is 0 Å². The maximum Gasteiger partial charge on any atom is 0.331 e. The molecule has 0 spiro atoms. The number of carbonyl (C=O) groups is 1.